The monoisotopic (exact) mass is 309 g/mol. The van der Waals surface area contributed by atoms with Crippen molar-refractivity contribution in [3.8, 4) is 0 Å². The Hall–Kier alpha value is -1.10. The van der Waals surface area contributed by atoms with Gasteiger partial charge in [-0.3, -0.25) is 0 Å². The minimum absolute atomic E-state index is 0.336. The van der Waals surface area contributed by atoms with Crippen LogP contribution in [0.25, 0.3) is 0 Å². The summed E-state index contributed by atoms with van der Waals surface area (Å²) in [4.78, 5) is 0. The molecule has 4 heteroatoms. The first-order valence-electron chi connectivity index (χ1n) is 8.09. The van der Waals surface area contributed by atoms with Gasteiger partial charge in [0.2, 0.25) is 0 Å². The van der Waals surface area contributed by atoms with Crippen LogP contribution in [0.15, 0.2) is 36.1 Å². The average molecular weight is 309 g/mol. The minimum atomic E-state index is 0.336. The van der Waals surface area contributed by atoms with Gasteiger partial charge in [0.05, 0.1) is 19.8 Å². The molecule has 1 saturated carbocycles. The van der Waals surface area contributed by atoms with Crippen molar-refractivity contribution in [2.24, 2.45) is 0 Å². The maximum absolute atomic E-state index is 6.07. The molecule has 0 aromatic carbocycles. The molecule has 2 unspecified atom stereocenters. The molecule has 0 amide bonds. The first-order valence-corrected chi connectivity index (χ1v) is 8.09. The van der Waals surface area contributed by atoms with Gasteiger partial charge in [0.1, 0.15) is 12.4 Å². The van der Waals surface area contributed by atoms with Gasteiger partial charge < -0.3 is 19.5 Å². The largest absolute Gasteiger partial charge is 0.499 e. The van der Waals surface area contributed by atoms with Crippen LogP contribution in [0.2, 0.25) is 0 Å². The minimum Gasteiger partial charge on any atom is -0.499 e. The molecule has 0 aromatic rings. The SMILES string of the molecule is C=C/C(=C\C=C(/COC)OC)CCOC1CCCCC1NC. The molecule has 22 heavy (non-hydrogen) atoms. The number of hydrogen-bond donors (Lipinski definition) is 1. The van der Waals surface area contributed by atoms with Crippen LogP contribution >= 0.6 is 0 Å². The Morgan fingerprint density at radius 3 is 2.64 bits per heavy atom. The zero-order valence-electron chi connectivity index (χ0n) is 14.3. The van der Waals surface area contributed by atoms with Crippen LogP contribution in [0.1, 0.15) is 32.1 Å². The molecular weight excluding hydrogens is 278 g/mol. The zero-order chi connectivity index (χ0) is 16.2. The van der Waals surface area contributed by atoms with E-state index in [1.54, 1.807) is 14.2 Å². The summed E-state index contributed by atoms with van der Waals surface area (Å²) in [6, 6.07) is 0.492. The highest BCUT2D eigenvalue weighted by molar-refractivity contribution is 5.23. The molecule has 4 nitrogen and oxygen atoms in total. The van der Waals surface area contributed by atoms with Crippen LogP contribution in [-0.2, 0) is 14.2 Å². The predicted octanol–water partition coefficient (Wildman–Crippen LogP) is 3.21. The van der Waals surface area contributed by atoms with Crippen LogP contribution in [0.5, 0.6) is 0 Å². The molecule has 1 aliphatic carbocycles. The van der Waals surface area contributed by atoms with Crippen LogP contribution in [0.4, 0.5) is 0 Å². The molecule has 0 spiro atoms. The Morgan fingerprint density at radius 1 is 1.23 bits per heavy atom. The summed E-state index contributed by atoms with van der Waals surface area (Å²) in [5, 5.41) is 3.37. The van der Waals surface area contributed by atoms with E-state index in [1.807, 2.05) is 25.3 Å². The molecule has 0 bridgehead atoms. The smallest absolute Gasteiger partial charge is 0.121 e. The molecule has 1 rings (SSSR count). The summed E-state index contributed by atoms with van der Waals surface area (Å²) >= 11 is 0. The molecule has 0 radical (unpaired) electrons. The van der Waals surface area contributed by atoms with Gasteiger partial charge in [-0.15, -0.1) is 0 Å². The molecule has 0 aliphatic heterocycles. The lowest BCUT2D eigenvalue weighted by molar-refractivity contribution is 0.00901. The third-order valence-corrected chi connectivity index (χ3v) is 4.09. The summed E-state index contributed by atoms with van der Waals surface area (Å²) in [5.41, 5.74) is 1.14. The van der Waals surface area contributed by atoms with Crippen molar-refractivity contribution in [2.45, 2.75) is 44.2 Å². The van der Waals surface area contributed by atoms with Gasteiger partial charge in [-0.25, -0.2) is 0 Å². The fraction of sp³-hybridized carbons (Fsp3) is 0.667. The van der Waals surface area contributed by atoms with Gasteiger partial charge in [0, 0.05) is 13.2 Å². The zero-order valence-corrected chi connectivity index (χ0v) is 14.3. The Morgan fingerprint density at radius 2 is 2.00 bits per heavy atom. The highest BCUT2D eigenvalue weighted by Gasteiger charge is 2.23. The maximum Gasteiger partial charge on any atom is 0.121 e. The third kappa shape index (κ3) is 6.77. The lowest BCUT2D eigenvalue weighted by atomic mass is 9.92. The highest BCUT2D eigenvalue weighted by atomic mass is 16.5. The molecule has 126 valence electrons. The van der Waals surface area contributed by atoms with Gasteiger partial charge in [0.15, 0.2) is 0 Å². The highest BCUT2D eigenvalue weighted by Crippen LogP contribution is 2.21. The van der Waals surface area contributed by atoms with E-state index >= 15 is 0 Å². The molecule has 1 fully saturated rings. The summed E-state index contributed by atoms with van der Waals surface area (Å²) in [5.74, 6) is 0.797. The van der Waals surface area contributed by atoms with Crippen molar-refractivity contribution >= 4 is 0 Å². The fourth-order valence-electron chi connectivity index (χ4n) is 2.73. The summed E-state index contributed by atoms with van der Waals surface area (Å²) in [6.45, 7) is 5.07. The normalized spacial score (nSPS) is 23.4. The first-order chi connectivity index (χ1) is 10.7. The number of methoxy groups -OCH3 is 2. The van der Waals surface area contributed by atoms with Gasteiger partial charge in [-0.05, 0) is 38.0 Å². The van der Waals surface area contributed by atoms with Gasteiger partial charge >= 0.3 is 0 Å². The summed E-state index contributed by atoms with van der Waals surface area (Å²) < 4.78 is 16.4. The lowest BCUT2D eigenvalue weighted by Crippen LogP contribution is -2.41. The topological polar surface area (TPSA) is 39.7 Å². The molecule has 0 saturated heterocycles. The molecule has 0 heterocycles. The van der Waals surface area contributed by atoms with Crippen LogP contribution in [-0.4, -0.2) is 46.6 Å². The van der Waals surface area contributed by atoms with Crippen molar-refractivity contribution in [3.05, 3.63) is 36.1 Å². The number of likely N-dealkylation sites (N-methyl/N-ethyl adjacent to an activating group) is 1. The van der Waals surface area contributed by atoms with E-state index < -0.39 is 0 Å². The lowest BCUT2D eigenvalue weighted by Gasteiger charge is -2.31. The number of ether oxygens (including phenoxy) is 3. The quantitative estimate of drug-likeness (QED) is 0.497. The van der Waals surface area contributed by atoms with Crippen molar-refractivity contribution in [3.63, 3.8) is 0 Å². The van der Waals surface area contributed by atoms with Crippen LogP contribution < -0.4 is 5.32 Å². The molecule has 0 aromatic heterocycles. The van der Waals surface area contributed by atoms with Crippen molar-refractivity contribution in [1.82, 2.24) is 5.32 Å². The molecule has 2 atom stereocenters. The maximum atomic E-state index is 6.07. The number of allylic oxidation sites excluding steroid dienone is 3. The fourth-order valence-corrected chi connectivity index (χ4v) is 2.73. The average Bonchev–Trinajstić information content (AvgIpc) is 2.57. The van der Waals surface area contributed by atoms with Crippen molar-refractivity contribution < 1.29 is 14.2 Å². The van der Waals surface area contributed by atoms with Crippen LogP contribution in [0.3, 0.4) is 0 Å². The summed E-state index contributed by atoms with van der Waals surface area (Å²) in [6.07, 6.45) is 11.9. The number of hydrogen-bond acceptors (Lipinski definition) is 4. The Bertz CT molecular complexity index is 377. The van der Waals surface area contributed by atoms with E-state index in [-0.39, 0.29) is 0 Å². The van der Waals surface area contributed by atoms with Crippen LogP contribution in [0, 0.1) is 0 Å². The van der Waals surface area contributed by atoms with E-state index in [1.165, 1.54) is 19.3 Å². The third-order valence-electron chi connectivity index (χ3n) is 4.09. The first kappa shape index (κ1) is 18.9. The second-order valence-electron chi connectivity index (χ2n) is 5.55. The second-order valence-corrected chi connectivity index (χ2v) is 5.55. The molecule has 1 aliphatic rings. The van der Waals surface area contributed by atoms with E-state index in [2.05, 4.69) is 11.9 Å². The Labute approximate surface area is 135 Å². The molecular formula is C18H31NO3. The molecule has 1 N–H and O–H groups in total. The number of rotatable bonds is 10. The van der Waals surface area contributed by atoms with E-state index in [4.69, 9.17) is 14.2 Å². The Balaban J connectivity index is 2.44. The summed E-state index contributed by atoms with van der Waals surface area (Å²) in [7, 11) is 5.33. The van der Waals surface area contributed by atoms with E-state index in [0.717, 1.165) is 30.8 Å². The van der Waals surface area contributed by atoms with Crippen molar-refractivity contribution in [2.75, 3.05) is 34.5 Å². The van der Waals surface area contributed by atoms with E-state index in [9.17, 15) is 0 Å². The standard InChI is InChI=1S/C18H31NO3/c1-5-15(10-11-16(21-4)14-20-3)12-13-22-18-9-7-6-8-17(18)19-2/h5,10-11,17-19H,1,6-9,12-14H2,2-4H3/b15-10+,16-11+. The number of nitrogens with one attached hydrogen (secondary N) is 1. The second kappa shape index (κ2) is 11.5. The van der Waals surface area contributed by atoms with Gasteiger partial charge in [-0.2, -0.15) is 0 Å². The van der Waals surface area contributed by atoms with Crippen molar-refractivity contribution in [1.29, 1.82) is 0 Å². The van der Waals surface area contributed by atoms with Gasteiger partial charge in [0.25, 0.3) is 0 Å². The van der Waals surface area contributed by atoms with E-state index in [0.29, 0.717) is 18.8 Å². The Kier molecular flexibility index (Phi) is 9.87. The predicted molar refractivity (Wildman–Crippen MR) is 90.9 cm³/mol. The van der Waals surface area contributed by atoms with Gasteiger partial charge in [-0.1, -0.05) is 31.6 Å².